The second kappa shape index (κ2) is 4.43. The van der Waals surface area contributed by atoms with Gasteiger partial charge in [-0.25, -0.2) is 0 Å². The summed E-state index contributed by atoms with van der Waals surface area (Å²) < 4.78 is 0. The molecule has 0 aliphatic carbocycles. The maximum absolute atomic E-state index is 9.82. The lowest BCUT2D eigenvalue weighted by atomic mass is 9.95. The van der Waals surface area contributed by atoms with Gasteiger partial charge in [0.05, 0.1) is 6.10 Å². The third-order valence-electron chi connectivity index (χ3n) is 2.94. The summed E-state index contributed by atoms with van der Waals surface area (Å²) in [6.45, 7) is 10.8. The van der Waals surface area contributed by atoms with Crippen molar-refractivity contribution in [2.24, 2.45) is 11.8 Å². The van der Waals surface area contributed by atoms with Crippen LogP contribution in [0.2, 0.25) is 0 Å². The van der Waals surface area contributed by atoms with Crippen molar-refractivity contribution in [2.75, 3.05) is 13.1 Å². The number of nitrogens with zero attached hydrogens (tertiary/aromatic N) is 1. The van der Waals surface area contributed by atoms with Crippen LogP contribution in [-0.2, 0) is 0 Å². The molecule has 78 valence electrons. The van der Waals surface area contributed by atoms with Crippen LogP contribution in [0.3, 0.4) is 0 Å². The third-order valence-corrected chi connectivity index (χ3v) is 2.94. The number of hydrogen-bond donors (Lipinski definition) is 1. The maximum atomic E-state index is 9.82. The number of likely N-dealkylation sites (tertiary alicyclic amines) is 1. The van der Waals surface area contributed by atoms with Crippen molar-refractivity contribution < 1.29 is 5.11 Å². The summed E-state index contributed by atoms with van der Waals surface area (Å²) in [7, 11) is 0. The van der Waals surface area contributed by atoms with E-state index in [1.807, 2.05) is 0 Å². The molecule has 1 N–H and O–H groups in total. The highest BCUT2D eigenvalue weighted by Gasteiger charge is 2.32. The van der Waals surface area contributed by atoms with Crippen molar-refractivity contribution in [3.63, 3.8) is 0 Å². The van der Waals surface area contributed by atoms with Crippen LogP contribution < -0.4 is 0 Å². The Morgan fingerprint density at radius 3 is 2.23 bits per heavy atom. The van der Waals surface area contributed by atoms with E-state index in [0.717, 1.165) is 19.5 Å². The minimum Gasteiger partial charge on any atom is -0.391 e. The molecule has 13 heavy (non-hydrogen) atoms. The molecular formula is C11H23NO. The predicted molar refractivity (Wildman–Crippen MR) is 55.7 cm³/mol. The van der Waals surface area contributed by atoms with Crippen LogP contribution in [0.4, 0.5) is 0 Å². The topological polar surface area (TPSA) is 23.5 Å². The smallest absolute Gasteiger partial charge is 0.0707 e. The fraction of sp³-hybridized carbons (Fsp3) is 1.00. The SMILES string of the molecule is CC(C)C[C@H]1CN(C(C)C)C[C@H]1O. The lowest BCUT2D eigenvalue weighted by Gasteiger charge is -2.20. The molecular weight excluding hydrogens is 162 g/mol. The molecule has 0 aromatic carbocycles. The highest BCUT2D eigenvalue weighted by atomic mass is 16.3. The highest BCUT2D eigenvalue weighted by molar-refractivity contribution is 4.85. The standard InChI is InChI=1S/C11H23NO/c1-8(2)5-10-6-12(9(3)4)7-11(10)13/h8-11,13H,5-7H2,1-4H3/t10-,11+/m0/s1. The summed E-state index contributed by atoms with van der Waals surface area (Å²) >= 11 is 0. The lowest BCUT2D eigenvalue weighted by molar-refractivity contribution is 0.129. The van der Waals surface area contributed by atoms with Crippen molar-refractivity contribution in [2.45, 2.75) is 46.3 Å². The molecule has 2 heteroatoms. The van der Waals surface area contributed by atoms with Crippen molar-refractivity contribution in [3.8, 4) is 0 Å². The number of rotatable bonds is 3. The van der Waals surface area contributed by atoms with Crippen LogP contribution in [0, 0.1) is 11.8 Å². The Labute approximate surface area is 81.9 Å². The summed E-state index contributed by atoms with van der Waals surface area (Å²) in [6.07, 6.45) is 1.06. The lowest BCUT2D eigenvalue weighted by Crippen LogP contribution is -2.29. The monoisotopic (exact) mass is 185 g/mol. The zero-order valence-corrected chi connectivity index (χ0v) is 9.33. The zero-order chi connectivity index (χ0) is 10.0. The van der Waals surface area contributed by atoms with E-state index >= 15 is 0 Å². The average molecular weight is 185 g/mol. The van der Waals surface area contributed by atoms with Gasteiger partial charge in [0.15, 0.2) is 0 Å². The van der Waals surface area contributed by atoms with Gasteiger partial charge in [-0.15, -0.1) is 0 Å². The number of aliphatic hydroxyl groups is 1. The number of hydrogen-bond acceptors (Lipinski definition) is 2. The Balaban J connectivity index is 2.42. The Morgan fingerprint density at radius 1 is 1.23 bits per heavy atom. The van der Waals surface area contributed by atoms with Gasteiger partial charge >= 0.3 is 0 Å². The molecule has 0 bridgehead atoms. The molecule has 1 aliphatic rings. The third kappa shape index (κ3) is 2.96. The van der Waals surface area contributed by atoms with E-state index in [4.69, 9.17) is 0 Å². The summed E-state index contributed by atoms with van der Waals surface area (Å²) in [5.41, 5.74) is 0. The van der Waals surface area contributed by atoms with Gasteiger partial charge in [-0.1, -0.05) is 13.8 Å². The second-order valence-corrected chi connectivity index (χ2v) is 5.00. The molecule has 1 rings (SSSR count). The van der Waals surface area contributed by atoms with Gasteiger partial charge in [-0.2, -0.15) is 0 Å². The van der Waals surface area contributed by atoms with Crippen LogP contribution in [0.1, 0.15) is 34.1 Å². The van der Waals surface area contributed by atoms with Gasteiger partial charge in [0, 0.05) is 19.1 Å². The van der Waals surface area contributed by atoms with Gasteiger partial charge in [0.1, 0.15) is 0 Å². The van der Waals surface area contributed by atoms with Gasteiger partial charge < -0.3 is 5.11 Å². The normalized spacial score (nSPS) is 30.7. The summed E-state index contributed by atoms with van der Waals surface area (Å²) in [5, 5.41) is 9.82. The van der Waals surface area contributed by atoms with E-state index in [0.29, 0.717) is 17.9 Å². The van der Waals surface area contributed by atoms with Gasteiger partial charge in [-0.3, -0.25) is 4.90 Å². The fourth-order valence-corrected chi connectivity index (χ4v) is 2.15. The Morgan fingerprint density at radius 2 is 1.85 bits per heavy atom. The van der Waals surface area contributed by atoms with Crippen LogP contribution in [-0.4, -0.2) is 35.2 Å². The molecule has 1 fully saturated rings. The van der Waals surface area contributed by atoms with E-state index in [2.05, 4.69) is 32.6 Å². The Bertz CT molecular complexity index is 156. The fourth-order valence-electron chi connectivity index (χ4n) is 2.15. The van der Waals surface area contributed by atoms with Crippen molar-refractivity contribution in [1.29, 1.82) is 0 Å². The molecule has 0 aromatic rings. The van der Waals surface area contributed by atoms with E-state index in [9.17, 15) is 5.11 Å². The van der Waals surface area contributed by atoms with E-state index in [-0.39, 0.29) is 6.10 Å². The first-order valence-electron chi connectivity index (χ1n) is 5.42. The molecule has 1 heterocycles. The molecule has 0 amide bonds. The van der Waals surface area contributed by atoms with Gasteiger partial charge in [0.2, 0.25) is 0 Å². The van der Waals surface area contributed by atoms with E-state index in [1.54, 1.807) is 0 Å². The molecule has 2 nitrogen and oxygen atoms in total. The molecule has 0 saturated carbocycles. The number of aliphatic hydroxyl groups excluding tert-OH is 1. The molecule has 1 saturated heterocycles. The van der Waals surface area contributed by atoms with Crippen molar-refractivity contribution >= 4 is 0 Å². The van der Waals surface area contributed by atoms with Crippen LogP contribution in [0.25, 0.3) is 0 Å². The van der Waals surface area contributed by atoms with E-state index < -0.39 is 0 Å². The van der Waals surface area contributed by atoms with E-state index in [1.165, 1.54) is 0 Å². The molecule has 2 atom stereocenters. The first-order chi connectivity index (χ1) is 6.00. The van der Waals surface area contributed by atoms with Gasteiger partial charge in [-0.05, 0) is 32.1 Å². The van der Waals surface area contributed by atoms with Crippen LogP contribution in [0.5, 0.6) is 0 Å². The highest BCUT2D eigenvalue weighted by Crippen LogP contribution is 2.24. The van der Waals surface area contributed by atoms with Crippen LogP contribution >= 0.6 is 0 Å². The summed E-state index contributed by atoms with van der Waals surface area (Å²) in [6, 6.07) is 0.576. The first-order valence-corrected chi connectivity index (χ1v) is 5.42. The quantitative estimate of drug-likeness (QED) is 0.724. The first kappa shape index (κ1) is 11.0. The van der Waals surface area contributed by atoms with Crippen molar-refractivity contribution in [1.82, 2.24) is 4.90 Å². The Kier molecular flexibility index (Phi) is 3.74. The molecule has 0 spiro atoms. The summed E-state index contributed by atoms with van der Waals surface area (Å²) in [4.78, 5) is 2.37. The second-order valence-electron chi connectivity index (χ2n) is 5.00. The minimum atomic E-state index is -0.0928. The zero-order valence-electron chi connectivity index (χ0n) is 9.33. The van der Waals surface area contributed by atoms with Crippen LogP contribution in [0.15, 0.2) is 0 Å². The van der Waals surface area contributed by atoms with Crippen molar-refractivity contribution in [3.05, 3.63) is 0 Å². The Hall–Kier alpha value is -0.0800. The number of β-amino-alcohol motifs (C(OH)–C–C–N with tert-alkyl or cyclic N) is 1. The van der Waals surface area contributed by atoms with Gasteiger partial charge in [0.25, 0.3) is 0 Å². The molecule has 0 unspecified atom stereocenters. The largest absolute Gasteiger partial charge is 0.391 e. The minimum absolute atomic E-state index is 0.0928. The molecule has 1 aliphatic heterocycles. The predicted octanol–water partition coefficient (Wildman–Crippen LogP) is 1.73. The maximum Gasteiger partial charge on any atom is 0.0707 e. The average Bonchev–Trinajstić information content (AvgIpc) is 2.31. The molecule has 0 aromatic heterocycles. The summed E-state index contributed by atoms with van der Waals surface area (Å²) in [5.74, 6) is 1.20. The molecule has 0 radical (unpaired) electrons.